The summed E-state index contributed by atoms with van der Waals surface area (Å²) in [6.45, 7) is 3.06. The van der Waals surface area contributed by atoms with Gasteiger partial charge in [0.15, 0.2) is 0 Å². The number of fused-ring (bicyclic) bond motifs is 1. The summed E-state index contributed by atoms with van der Waals surface area (Å²) in [5.74, 6) is 0.783. The van der Waals surface area contributed by atoms with Gasteiger partial charge in [-0.1, -0.05) is 30.3 Å². The van der Waals surface area contributed by atoms with Gasteiger partial charge in [-0.2, -0.15) is 0 Å². The second-order valence-electron chi connectivity index (χ2n) is 6.77. The summed E-state index contributed by atoms with van der Waals surface area (Å²) in [6.07, 6.45) is 0.995. The molecule has 4 heteroatoms. The molecule has 1 fully saturated rings. The SMILES string of the molecule is NC[C@@H]1CN(C(=O)c2ccc3c(c2)CCN3)C[C@H]1c1ccccc1. The average Bonchev–Trinajstić information content (AvgIpc) is 3.27. The van der Waals surface area contributed by atoms with E-state index in [1.165, 1.54) is 11.1 Å². The Bertz CT molecular complexity index is 744. The molecule has 2 aromatic carbocycles. The van der Waals surface area contributed by atoms with Gasteiger partial charge in [-0.3, -0.25) is 4.79 Å². The van der Waals surface area contributed by atoms with E-state index in [9.17, 15) is 4.79 Å². The van der Waals surface area contributed by atoms with Crippen molar-refractivity contribution in [2.75, 3.05) is 31.5 Å². The van der Waals surface area contributed by atoms with Crippen molar-refractivity contribution in [3.05, 3.63) is 65.2 Å². The Morgan fingerprint density at radius 1 is 1.17 bits per heavy atom. The van der Waals surface area contributed by atoms with Crippen molar-refractivity contribution < 1.29 is 4.79 Å². The topological polar surface area (TPSA) is 58.4 Å². The highest BCUT2D eigenvalue weighted by atomic mass is 16.2. The number of carbonyl (C=O) groups excluding carboxylic acids is 1. The lowest BCUT2D eigenvalue weighted by Gasteiger charge is -2.17. The number of nitrogens with zero attached hydrogens (tertiary/aromatic N) is 1. The third-order valence-electron chi connectivity index (χ3n) is 5.32. The van der Waals surface area contributed by atoms with Crippen molar-refractivity contribution >= 4 is 11.6 Å². The van der Waals surface area contributed by atoms with E-state index in [1.54, 1.807) is 0 Å². The Morgan fingerprint density at radius 2 is 2.00 bits per heavy atom. The fraction of sp³-hybridized carbons (Fsp3) is 0.350. The van der Waals surface area contributed by atoms with Gasteiger partial charge in [0.2, 0.25) is 0 Å². The summed E-state index contributed by atoms with van der Waals surface area (Å²) in [7, 11) is 0. The number of carbonyl (C=O) groups is 1. The van der Waals surface area contributed by atoms with Gasteiger partial charge >= 0.3 is 0 Å². The van der Waals surface area contributed by atoms with E-state index < -0.39 is 0 Å². The zero-order chi connectivity index (χ0) is 16.5. The first-order valence-corrected chi connectivity index (χ1v) is 8.67. The van der Waals surface area contributed by atoms with Crippen molar-refractivity contribution in [2.45, 2.75) is 12.3 Å². The third kappa shape index (κ3) is 2.67. The number of anilines is 1. The van der Waals surface area contributed by atoms with Gasteiger partial charge in [-0.05, 0) is 48.2 Å². The standard InChI is InChI=1S/C20H23N3O/c21-11-17-12-23(13-18(17)14-4-2-1-3-5-14)20(24)16-6-7-19-15(10-16)8-9-22-19/h1-7,10,17-18,22H,8-9,11-13,21H2/t17-,18+/m1/s1. The number of nitrogens with two attached hydrogens (primary N) is 1. The number of likely N-dealkylation sites (tertiary alicyclic amines) is 1. The van der Waals surface area contributed by atoms with Crippen LogP contribution >= 0.6 is 0 Å². The molecule has 0 aliphatic carbocycles. The van der Waals surface area contributed by atoms with Crippen LogP contribution in [0.3, 0.4) is 0 Å². The van der Waals surface area contributed by atoms with Crippen LogP contribution in [0.1, 0.15) is 27.4 Å². The van der Waals surface area contributed by atoms with E-state index in [0.717, 1.165) is 37.3 Å². The lowest BCUT2D eigenvalue weighted by atomic mass is 9.89. The molecule has 0 spiro atoms. The highest BCUT2D eigenvalue weighted by Crippen LogP contribution is 2.33. The number of rotatable bonds is 3. The zero-order valence-corrected chi connectivity index (χ0v) is 13.7. The maximum Gasteiger partial charge on any atom is 0.253 e. The second kappa shape index (κ2) is 6.29. The molecular formula is C20H23N3O. The number of hydrogen-bond donors (Lipinski definition) is 2. The lowest BCUT2D eigenvalue weighted by Crippen LogP contribution is -2.29. The fourth-order valence-electron chi connectivity index (χ4n) is 3.97. The molecule has 0 unspecified atom stereocenters. The summed E-state index contributed by atoms with van der Waals surface area (Å²) in [6, 6.07) is 16.4. The average molecular weight is 321 g/mol. The van der Waals surface area contributed by atoms with Crippen LogP contribution in [-0.4, -0.2) is 37.0 Å². The molecule has 24 heavy (non-hydrogen) atoms. The monoisotopic (exact) mass is 321 g/mol. The number of nitrogens with one attached hydrogen (secondary N) is 1. The molecule has 4 nitrogen and oxygen atoms in total. The fourth-order valence-corrected chi connectivity index (χ4v) is 3.97. The van der Waals surface area contributed by atoms with Gasteiger partial charge in [0.05, 0.1) is 0 Å². The van der Waals surface area contributed by atoms with E-state index in [4.69, 9.17) is 5.73 Å². The Hall–Kier alpha value is -2.33. The zero-order valence-electron chi connectivity index (χ0n) is 13.7. The maximum absolute atomic E-state index is 12.9. The predicted octanol–water partition coefficient (Wildman–Crippen LogP) is 2.47. The number of benzene rings is 2. The van der Waals surface area contributed by atoms with Crippen LogP contribution in [-0.2, 0) is 6.42 Å². The van der Waals surface area contributed by atoms with Crippen LogP contribution in [0, 0.1) is 5.92 Å². The Labute approximate surface area is 142 Å². The van der Waals surface area contributed by atoms with Crippen molar-refractivity contribution in [2.24, 2.45) is 11.7 Å². The normalized spacial score (nSPS) is 22.3. The predicted molar refractivity (Wildman–Crippen MR) is 96.3 cm³/mol. The minimum absolute atomic E-state index is 0.126. The molecule has 3 N–H and O–H groups in total. The molecule has 0 aromatic heterocycles. The maximum atomic E-state index is 12.9. The van der Waals surface area contributed by atoms with Gasteiger partial charge in [0.25, 0.3) is 5.91 Å². The molecule has 0 bridgehead atoms. The molecule has 1 amide bonds. The Kier molecular flexibility index (Phi) is 3.98. The van der Waals surface area contributed by atoms with Crippen LogP contribution in [0.25, 0.3) is 0 Å². The van der Waals surface area contributed by atoms with Crippen LogP contribution in [0.5, 0.6) is 0 Å². The minimum atomic E-state index is 0.126. The second-order valence-corrected chi connectivity index (χ2v) is 6.77. The first kappa shape index (κ1) is 15.2. The third-order valence-corrected chi connectivity index (χ3v) is 5.32. The van der Waals surface area contributed by atoms with Crippen molar-refractivity contribution in [3.8, 4) is 0 Å². The lowest BCUT2D eigenvalue weighted by molar-refractivity contribution is 0.0786. The summed E-state index contributed by atoms with van der Waals surface area (Å²) >= 11 is 0. The highest BCUT2D eigenvalue weighted by Gasteiger charge is 2.35. The Morgan fingerprint density at radius 3 is 2.79 bits per heavy atom. The summed E-state index contributed by atoms with van der Waals surface area (Å²) in [5, 5.41) is 3.34. The number of hydrogen-bond acceptors (Lipinski definition) is 3. The van der Waals surface area contributed by atoms with Gasteiger partial charge in [-0.15, -0.1) is 0 Å². The molecule has 124 valence electrons. The van der Waals surface area contributed by atoms with Crippen LogP contribution in [0.4, 0.5) is 5.69 Å². The molecule has 2 heterocycles. The first-order valence-electron chi connectivity index (χ1n) is 8.67. The first-order chi connectivity index (χ1) is 11.8. The molecule has 0 saturated carbocycles. The largest absolute Gasteiger partial charge is 0.384 e. The van der Waals surface area contributed by atoms with Gasteiger partial charge in [0, 0.05) is 36.8 Å². The summed E-state index contributed by atoms with van der Waals surface area (Å²) in [5.41, 5.74) is 10.5. The minimum Gasteiger partial charge on any atom is -0.384 e. The smallest absolute Gasteiger partial charge is 0.253 e. The van der Waals surface area contributed by atoms with Gasteiger partial charge < -0.3 is 16.0 Å². The molecule has 2 aliphatic heterocycles. The van der Waals surface area contributed by atoms with Crippen LogP contribution in [0.15, 0.2) is 48.5 Å². The molecule has 2 atom stereocenters. The van der Waals surface area contributed by atoms with E-state index >= 15 is 0 Å². The van der Waals surface area contributed by atoms with Gasteiger partial charge in [-0.25, -0.2) is 0 Å². The van der Waals surface area contributed by atoms with E-state index in [2.05, 4.69) is 29.6 Å². The Balaban J connectivity index is 1.55. The van der Waals surface area contributed by atoms with E-state index in [0.29, 0.717) is 18.4 Å². The molecule has 2 aliphatic rings. The molecule has 4 rings (SSSR count). The van der Waals surface area contributed by atoms with Crippen LogP contribution in [0.2, 0.25) is 0 Å². The van der Waals surface area contributed by atoms with Crippen molar-refractivity contribution in [1.29, 1.82) is 0 Å². The molecule has 0 radical (unpaired) electrons. The van der Waals surface area contributed by atoms with Crippen molar-refractivity contribution in [1.82, 2.24) is 4.90 Å². The highest BCUT2D eigenvalue weighted by molar-refractivity contribution is 5.95. The van der Waals surface area contributed by atoms with Crippen molar-refractivity contribution in [3.63, 3.8) is 0 Å². The molecular weight excluding hydrogens is 298 g/mol. The number of amides is 1. The van der Waals surface area contributed by atoms with Gasteiger partial charge in [0.1, 0.15) is 0 Å². The molecule has 1 saturated heterocycles. The molecule has 2 aromatic rings. The summed E-state index contributed by atoms with van der Waals surface area (Å²) in [4.78, 5) is 14.9. The van der Waals surface area contributed by atoms with E-state index in [1.807, 2.05) is 29.2 Å². The summed E-state index contributed by atoms with van der Waals surface area (Å²) < 4.78 is 0. The quantitative estimate of drug-likeness (QED) is 0.913. The van der Waals surface area contributed by atoms with E-state index in [-0.39, 0.29) is 5.91 Å². The van der Waals surface area contributed by atoms with Crippen LogP contribution < -0.4 is 11.1 Å².